The molecule has 0 radical (unpaired) electrons. The molecule has 2 atom stereocenters. The van der Waals surface area contributed by atoms with Gasteiger partial charge in [0.05, 0.1) is 30.5 Å². The third-order valence-corrected chi connectivity index (χ3v) is 6.76. The van der Waals surface area contributed by atoms with Crippen molar-refractivity contribution in [1.82, 2.24) is 19.5 Å². The predicted octanol–water partition coefficient (Wildman–Crippen LogP) is 3.19. The molecule has 2 N–H and O–H groups in total. The van der Waals surface area contributed by atoms with Crippen molar-refractivity contribution >= 4 is 23.1 Å². The van der Waals surface area contributed by atoms with Gasteiger partial charge in [0.2, 0.25) is 0 Å². The van der Waals surface area contributed by atoms with Gasteiger partial charge in [-0.2, -0.15) is 5.10 Å². The van der Waals surface area contributed by atoms with Crippen LogP contribution in [0.3, 0.4) is 0 Å². The molecule has 2 aromatic heterocycles. The Balaban J connectivity index is 1.48. The number of nitrogens with one attached hydrogen (secondary N) is 1. The Morgan fingerprint density at radius 1 is 1.24 bits per heavy atom. The third-order valence-electron chi connectivity index (χ3n) is 6.76. The summed E-state index contributed by atoms with van der Waals surface area (Å²) in [5.41, 5.74) is 2.57. The molecule has 2 fully saturated rings. The summed E-state index contributed by atoms with van der Waals surface area (Å²) in [6.45, 7) is 4.47. The Bertz CT molecular complexity index is 1310. The van der Waals surface area contributed by atoms with Crippen LogP contribution in [0.5, 0.6) is 0 Å². The SMILES string of the molecule is Cc1cn2nc([C@@H]3CCCCN3C(=O)c3ccc(F)c(F)c3C)cc2nc1N1CC(=N)[C@@H](O)C1. The van der Waals surface area contributed by atoms with E-state index in [0.717, 1.165) is 24.5 Å². The molecule has 2 aliphatic heterocycles. The van der Waals surface area contributed by atoms with Crippen LogP contribution in [0.15, 0.2) is 24.4 Å². The van der Waals surface area contributed by atoms with Gasteiger partial charge in [-0.05, 0) is 45.2 Å². The quantitative estimate of drug-likeness (QED) is 0.615. The van der Waals surface area contributed by atoms with Gasteiger partial charge in [0.1, 0.15) is 11.9 Å². The maximum atomic E-state index is 14.1. The minimum absolute atomic E-state index is 0.00428. The molecule has 10 heteroatoms. The molecule has 1 aromatic carbocycles. The highest BCUT2D eigenvalue weighted by Crippen LogP contribution is 2.33. The molecule has 2 saturated heterocycles. The standard InChI is InChI=1S/C24H26F2N6O2/c1-13-10-32-21(28-23(13)30-11-17(27)20(33)12-30)9-18(29-32)19-5-3-4-8-31(19)24(34)15-6-7-16(25)22(26)14(15)2/h6-7,9-10,19-20,27,33H,3-5,8,11-12H2,1-2H3/t19-,20-/m0/s1. The van der Waals surface area contributed by atoms with Gasteiger partial charge in [-0.1, -0.05) is 0 Å². The number of hydrogen-bond acceptors (Lipinski definition) is 6. The van der Waals surface area contributed by atoms with Crippen LogP contribution in [0.25, 0.3) is 5.65 Å². The number of piperidine rings is 1. The zero-order valence-corrected chi connectivity index (χ0v) is 19.1. The number of aliphatic hydroxyl groups is 1. The number of aryl methyl sites for hydroxylation is 1. The summed E-state index contributed by atoms with van der Waals surface area (Å²) in [6, 6.07) is 3.86. The van der Waals surface area contributed by atoms with E-state index in [1.165, 1.54) is 13.0 Å². The molecule has 8 nitrogen and oxygen atoms in total. The van der Waals surface area contributed by atoms with Crippen molar-refractivity contribution in [1.29, 1.82) is 5.41 Å². The predicted molar refractivity (Wildman–Crippen MR) is 122 cm³/mol. The van der Waals surface area contributed by atoms with E-state index in [9.17, 15) is 18.7 Å². The number of nitrogens with zero attached hydrogens (tertiary/aromatic N) is 5. The molecular formula is C24H26F2N6O2. The van der Waals surface area contributed by atoms with E-state index < -0.39 is 17.7 Å². The smallest absolute Gasteiger partial charge is 0.254 e. The Morgan fingerprint density at radius 3 is 2.76 bits per heavy atom. The van der Waals surface area contributed by atoms with Crippen molar-refractivity contribution in [2.24, 2.45) is 0 Å². The number of halogens is 2. The summed E-state index contributed by atoms with van der Waals surface area (Å²) in [5, 5.41) is 22.5. The van der Waals surface area contributed by atoms with E-state index in [4.69, 9.17) is 15.5 Å². The second-order valence-electron chi connectivity index (χ2n) is 9.09. The molecule has 0 spiro atoms. The van der Waals surface area contributed by atoms with Gasteiger partial charge in [-0.3, -0.25) is 4.79 Å². The molecule has 2 aliphatic rings. The average molecular weight is 469 g/mol. The molecule has 1 amide bonds. The Hall–Kier alpha value is -3.40. The number of likely N-dealkylation sites (tertiary alicyclic amines) is 1. The van der Waals surface area contributed by atoms with E-state index in [1.807, 2.05) is 24.1 Å². The molecule has 0 bridgehead atoms. The summed E-state index contributed by atoms with van der Waals surface area (Å²) in [5.74, 6) is -1.62. The number of benzene rings is 1. The highest BCUT2D eigenvalue weighted by molar-refractivity contribution is 5.96. The highest BCUT2D eigenvalue weighted by atomic mass is 19.2. The number of carbonyl (C=O) groups is 1. The highest BCUT2D eigenvalue weighted by Gasteiger charge is 2.33. The lowest BCUT2D eigenvalue weighted by molar-refractivity contribution is 0.0604. The van der Waals surface area contributed by atoms with Crippen LogP contribution >= 0.6 is 0 Å². The van der Waals surface area contributed by atoms with Gasteiger partial charge in [0.25, 0.3) is 5.91 Å². The van der Waals surface area contributed by atoms with Gasteiger partial charge < -0.3 is 20.3 Å². The van der Waals surface area contributed by atoms with Crippen LogP contribution in [-0.4, -0.2) is 62.0 Å². The number of rotatable bonds is 3. The fourth-order valence-electron chi connectivity index (χ4n) is 4.88. The zero-order valence-electron chi connectivity index (χ0n) is 19.1. The number of aliphatic hydroxyl groups excluding tert-OH is 1. The minimum Gasteiger partial charge on any atom is -0.385 e. The zero-order chi connectivity index (χ0) is 24.1. The summed E-state index contributed by atoms with van der Waals surface area (Å²) in [4.78, 5) is 21.7. The maximum absolute atomic E-state index is 14.1. The number of hydrogen-bond donors (Lipinski definition) is 2. The molecule has 0 unspecified atom stereocenters. The van der Waals surface area contributed by atoms with Crippen LogP contribution < -0.4 is 4.90 Å². The molecule has 34 heavy (non-hydrogen) atoms. The van der Waals surface area contributed by atoms with Gasteiger partial charge in [0, 0.05) is 35.5 Å². The first-order valence-corrected chi connectivity index (χ1v) is 11.4. The third kappa shape index (κ3) is 3.71. The number of aromatic nitrogens is 3. The van der Waals surface area contributed by atoms with Crippen molar-refractivity contribution < 1.29 is 18.7 Å². The normalized spacial score (nSPS) is 21.0. The van der Waals surface area contributed by atoms with E-state index in [2.05, 4.69) is 0 Å². The molecule has 5 rings (SSSR count). The van der Waals surface area contributed by atoms with E-state index in [1.54, 1.807) is 9.42 Å². The number of fused-ring (bicyclic) bond motifs is 1. The first kappa shape index (κ1) is 22.4. The number of anilines is 1. The fraction of sp³-hybridized carbons (Fsp3) is 0.417. The average Bonchev–Trinajstić information content (AvgIpc) is 3.38. The first-order valence-electron chi connectivity index (χ1n) is 11.4. The summed E-state index contributed by atoms with van der Waals surface area (Å²) >= 11 is 0. The molecular weight excluding hydrogens is 442 g/mol. The number of amides is 1. The second-order valence-corrected chi connectivity index (χ2v) is 9.09. The van der Waals surface area contributed by atoms with Crippen LogP contribution in [0.1, 0.15) is 52.5 Å². The topological polar surface area (TPSA) is 97.8 Å². The summed E-state index contributed by atoms with van der Waals surface area (Å²) in [7, 11) is 0. The molecule has 3 aromatic rings. The van der Waals surface area contributed by atoms with Gasteiger partial charge in [-0.15, -0.1) is 0 Å². The van der Waals surface area contributed by atoms with Crippen LogP contribution in [0.2, 0.25) is 0 Å². The van der Waals surface area contributed by atoms with Crippen LogP contribution in [0, 0.1) is 30.9 Å². The lowest BCUT2D eigenvalue weighted by atomic mass is 9.97. The van der Waals surface area contributed by atoms with Crippen molar-refractivity contribution in [3.8, 4) is 0 Å². The molecule has 178 valence electrons. The van der Waals surface area contributed by atoms with Gasteiger partial charge >= 0.3 is 0 Å². The number of carbonyl (C=O) groups excluding carboxylic acids is 1. The molecule has 4 heterocycles. The largest absolute Gasteiger partial charge is 0.385 e. The summed E-state index contributed by atoms with van der Waals surface area (Å²) < 4.78 is 29.4. The molecule has 0 saturated carbocycles. The molecule has 0 aliphatic carbocycles. The first-order chi connectivity index (χ1) is 16.2. The lowest BCUT2D eigenvalue weighted by Crippen LogP contribution is -2.39. The Kier molecular flexibility index (Phi) is 5.55. The van der Waals surface area contributed by atoms with Crippen LogP contribution in [0.4, 0.5) is 14.6 Å². The Labute approximate surface area is 195 Å². The number of β-amino-alcohol motifs (C(OH)–C–C–N with tert-alkyl or cyclic N) is 1. The van der Waals surface area contributed by atoms with Crippen molar-refractivity contribution in [2.75, 3.05) is 24.5 Å². The van der Waals surface area contributed by atoms with Gasteiger partial charge in [-0.25, -0.2) is 18.3 Å². The van der Waals surface area contributed by atoms with Crippen molar-refractivity contribution in [3.05, 3.63) is 58.4 Å². The fourth-order valence-corrected chi connectivity index (χ4v) is 4.88. The minimum atomic E-state index is -1.00. The van der Waals surface area contributed by atoms with Crippen molar-refractivity contribution in [3.63, 3.8) is 0 Å². The van der Waals surface area contributed by atoms with E-state index in [-0.39, 0.29) is 28.8 Å². The Morgan fingerprint density at radius 2 is 2.03 bits per heavy atom. The van der Waals surface area contributed by atoms with Crippen molar-refractivity contribution in [2.45, 2.75) is 45.3 Å². The van der Waals surface area contributed by atoms with E-state index >= 15 is 0 Å². The van der Waals surface area contributed by atoms with Gasteiger partial charge in [0.15, 0.2) is 17.3 Å². The second kappa shape index (κ2) is 8.43. The monoisotopic (exact) mass is 468 g/mol. The maximum Gasteiger partial charge on any atom is 0.254 e. The van der Waals surface area contributed by atoms with Crippen LogP contribution in [-0.2, 0) is 0 Å². The summed E-state index contributed by atoms with van der Waals surface area (Å²) in [6.07, 6.45) is 3.51. The van der Waals surface area contributed by atoms with E-state index in [0.29, 0.717) is 43.2 Å². The lowest BCUT2D eigenvalue weighted by Gasteiger charge is -2.35.